The molecule has 1 unspecified atom stereocenters. The zero-order valence-corrected chi connectivity index (χ0v) is 17.6. The Bertz CT molecular complexity index is 1080. The van der Waals surface area contributed by atoms with Crippen LogP contribution in [0.15, 0.2) is 48.5 Å². The summed E-state index contributed by atoms with van der Waals surface area (Å²) in [5.74, 6) is 1.59. The first kappa shape index (κ1) is 19.8. The molecule has 0 spiro atoms. The molecule has 2 aromatic carbocycles. The maximum atomic E-state index is 13.5. The second kappa shape index (κ2) is 8.15. The second-order valence-electron chi connectivity index (χ2n) is 8.28. The average molecular weight is 420 g/mol. The molecule has 2 N–H and O–H groups in total. The fraction of sp³-hybridized carbons (Fsp3) is 0.333. The van der Waals surface area contributed by atoms with Gasteiger partial charge in [-0.1, -0.05) is 17.7 Å². The number of nitrogens with one attached hydrogen (secondary N) is 2. The zero-order valence-electron chi connectivity index (χ0n) is 17.6. The minimum absolute atomic E-state index is 0.0803. The maximum Gasteiger partial charge on any atom is 0.240 e. The Morgan fingerprint density at radius 2 is 1.90 bits per heavy atom. The summed E-state index contributed by atoms with van der Waals surface area (Å²) in [6.07, 6.45) is 1.93. The highest BCUT2D eigenvalue weighted by Crippen LogP contribution is 2.33. The molecule has 0 bridgehead atoms. The summed E-state index contributed by atoms with van der Waals surface area (Å²) in [7, 11) is 0. The average Bonchev–Trinajstić information content (AvgIpc) is 3.44. The minimum atomic E-state index is -0.276. The van der Waals surface area contributed by atoms with Crippen LogP contribution in [0, 0.1) is 12.7 Å². The molecule has 3 aromatic rings. The molecule has 2 aliphatic rings. The predicted molar refractivity (Wildman–Crippen MR) is 119 cm³/mol. The Hall–Kier alpha value is -3.19. The minimum Gasteiger partial charge on any atom is -0.340 e. The van der Waals surface area contributed by atoms with Gasteiger partial charge in [-0.05, 0) is 62.7 Å². The first-order valence-electron chi connectivity index (χ1n) is 10.8. The van der Waals surface area contributed by atoms with E-state index in [1.54, 1.807) is 12.1 Å². The SMILES string of the molecule is Cc1ccc(Nc2c(-c3ccc(F)cc3)nc3n2CCN(C(=O)C2CCCN2)C3)cc1. The molecule has 31 heavy (non-hydrogen) atoms. The van der Waals surface area contributed by atoms with Crippen molar-refractivity contribution in [1.82, 2.24) is 19.8 Å². The predicted octanol–water partition coefficient (Wildman–Crippen LogP) is 3.84. The number of imidazole rings is 1. The largest absolute Gasteiger partial charge is 0.340 e. The molecule has 6 nitrogen and oxygen atoms in total. The molecule has 0 aliphatic carbocycles. The Kier molecular flexibility index (Phi) is 5.19. The molecule has 5 rings (SSSR count). The zero-order chi connectivity index (χ0) is 21.4. The van der Waals surface area contributed by atoms with E-state index < -0.39 is 0 Å². The van der Waals surface area contributed by atoms with E-state index in [-0.39, 0.29) is 17.8 Å². The summed E-state index contributed by atoms with van der Waals surface area (Å²) in [6.45, 7) is 4.74. The van der Waals surface area contributed by atoms with E-state index in [4.69, 9.17) is 4.98 Å². The fourth-order valence-electron chi connectivity index (χ4n) is 4.34. The molecule has 1 amide bonds. The van der Waals surface area contributed by atoms with Gasteiger partial charge < -0.3 is 20.1 Å². The Morgan fingerprint density at radius 1 is 1.13 bits per heavy atom. The Labute approximate surface area is 181 Å². The number of halogens is 1. The van der Waals surface area contributed by atoms with Crippen molar-refractivity contribution in [2.75, 3.05) is 18.4 Å². The van der Waals surface area contributed by atoms with Crippen molar-refractivity contribution in [1.29, 1.82) is 0 Å². The van der Waals surface area contributed by atoms with Crippen molar-refractivity contribution >= 4 is 17.4 Å². The number of benzene rings is 2. The van der Waals surface area contributed by atoms with Crippen LogP contribution >= 0.6 is 0 Å². The number of carbonyl (C=O) groups is 1. The molecule has 0 radical (unpaired) electrons. The lowest BCUT2D eigenvalue weighted by Gasteiger charge is -2.30. The van der Waals surface area contributed by atoms with Gasteiger partial charge in [-0.15, -0.1) is 0 Å². The molecule has 3 heterocycles. The van der Waals surface area contributed by atoms with Crippen LogP contribution in [-0.4, -0.2) is 39.5 Å². The molecule has 1 saturated heterocycles. The van der Waals surface area contributed by atoms with Gasteiger partial charge >= 0.3 is 0 Å². The molecular weight excluding hydrogens is 393 g/mol. The first-order valence-corrected chi connectivity index (χ1v) is 10.8. The molecule has 7 heteroatoms. The number of amides is 1. The summed E-state index contributed by atoms with van der Waals surface area (Å²) in [6, 6.07) is 14.5. The van der Waals surface area contributed by atoms with Crippen LogP contribution in [0.4, 0.5) is 15.9 Å². The van der Waals surface area contributed by atoms with Crippen molar-refractivity contribution in [3.8, 4) is 11.3 Å². The highest BCUT2D eigenvalue weighted by Gasteiger charge is 2.31. The number of rotatable bonds is 4. The Balaban J connectivity index is 1.49. The third-order valence-corrected chi connectivity index (χ3v) is 6.07. The maximum absolute atomic E-state index is 13.5. The van der Waals surface area contributed by atoms with Gasteiger partial charge in [-0.25, -0.2) is 9.37 Å². The molecule has 0 saturated carbocycles. The number of aromatic nitrogens is 2. The number of nitrogens with zero attached hydrogens (tertiary/aromatic N) is 3. The van der Waals surface area contributed by atoms with E-state index in [1.807, 2.05) is 17.0 Å². The molecule has 1 fully saturated rings. The molecule has 1 atom stereocenters. The number of hydrogen-bond acceptors (Lipinski definition) is 4. The summed E-state index contributed by atoms with van der Waals surface area (Å²) in [5, 5.41) is 6.81. The topological polar surface area (TPSA) is 62.2 Å². The van der Waals surface area contributed by atoms with Gasteiger partial charge in [0.2, 0.25) is 5.91 Å². The summed E-state index contributed by atoms with van der Waals surface area (Å²) in [4.78, 5) is 19.7. The van der Waals surface area contributed by atoms with Crippen molar-refractivity contribution in [3.63, 3.8) is 0 Å². The fourth-order valence-corrected chi connectivity index (χ4v) is 4.34. The number of carbonyl (C=O) groups excluding carboxylic acids is 1. The smallest absolute Gasteiger partial charge is 0.240 e. The van der Waals surface area contributed by atoms with E-state index in [0.29, 0.717) is 19.6 Å². The number of fused-ring (bicyclic) bond motifs is 1. The van der Waals surface area contributed by atoms with Gasteiger partial charge in [-0.2, -0.15) is 0 Å². The summed E-state index contributed by atoms with van der Waals surface area (Å²) >= 11 is 0. The standard InChI is InChI=1S/C24H26FN5O/c1-16-4-10-19(11-5-16)27-23-22(17-6-8-18(25)9-7-17)28-21-15-29(13-14-30(21)23)24(31)20-3-2-12-26-20/h4-11,20,26-27H,2-3,12-15H2,1H3. The number of hydrogen-bond donors (Lipinski definition) is 2. The quantitative estimate of drug-likeness (QED) is 0.675. The van der Waals surface area contributed by atoms with E-state index in [9.17, 15) is 9.18 Å². The highest BCUT2D eigenvalue weighted by molar-refractivity contribution is 5.82. The van der Waals surface area contributed by atoms with E-state index in [1.165, 1.54) is 17.7 Å². The molecular formula is C24H26FN5O. The van der Waals surface area contributed by atoms with Gasteiger partial charge in [0.15, 0.2) is 0 Å². The normalized spacial score (nSPS) is 18.1. The third kappa shape index (κ3) is 3.93. The summed E-state index contributed by atoms with van der Waals surface area (Å²) in [5.41, 5.74) is 3.76. The highest BCUT2D eigenvalue weighted by atomic mass is 19.1. The van der Waals surface area contributed by atoms with Gasteiger partial charge in [0.05, 0.1) is 12.6 Å². The lowest BCUT2D eigenvalue weighted by atomic mass is 10.1. The molecule has 160 valence electrons. The lowest BCUT2D eigenvalue weighted by molar-refractivity contribution is -0.134. The van der Waals surface area contributed by atoms with Gasteiger partial charge in [0.25, 0.3) is 0 Å². The Morgan fingerprint density at radius 3 is 2.61 bits per heavy atom. The third-order valence-electron chi connectivity index (χ3n) is 6.07. The van der Waals surface area contributed by atoms with Gasteiger partial charge in [0.1, 0.15) is 23.2 Å². The van der Waals surface area contributed by atoms with Crippen LogP contribution in [0.5, 0.6) is 0 Å². The van der Waals surface area contributed by atoms with Crippen LogP contribution in [0.3, 0.4) is 0 Å². The number of aryl methyl sites for hydroxylation is 1. The van der Waals surface area contributed by atoms with Crippen molar-refractivity contribution in [2.45, 2.75) is 38.9 Å². The van der Waals surface area contributed by atoms with Crippen LogP contribution in [0.2, 0.25) is 0 Å². The van der Waals surface area contributed by atoms with E-state index in [0.717, 1.165) is 48.0 Å². The summed E-state index contributed by atoms with van der Waals surface area (Å²) < 4.78 is 15.7. The first-order chi connectivity index (χ1) is 15.1. The van der Waals surface area contributed by atoms with Crippen molar-refractivity contribution < 1.29 is 9.18 Å². The van der Waals surface area contributed by atoms with E-state index >= 15 is 0 Å². The van der Waals surface area contributed by atoms with Crippen LogP contribution in [-0.2, 0) is 17.9 Å². The van der Waals surface area contributed by atoms with Crippen LogP contribution in [0.1, 0.15) is 24.2 Å². The second-order valence-corrected chi connectivity index (χ2v) is 8.28. The monoisotopic (exact) mass is 419 g/mol. The van der Waals surface area contributed by atoms with Crippen LogP contribution < -0.4 is 10.6 Å². The van der Waals surface area contributed by atoms with Crippen molar-refractivity contribution in [3.05, 3.63) is 65.7 Å². The number of anilines is 2. The van der Waals surface area contributed by atoms with E-state index in [2.05, 4.69) is 34.3 Å². The van der Waals surface area contributed by atoms with Gasteiger partial charge in [-0.3, -0.25) is 4.79 Å². The molecule has 2 aliphatic heterocycles. The van der Waals surface area contributed by atoms with Crippen molar-refractivity contribution in [2.24, 2.45) is 0 Å². The lowest BCUT2D eigenvalue weighted by Crippen LogP contribution is -2.46. The van der Waals surface area contributed by atoms with Gasteiger partial charge in [0, 0.05) is 24.3 Å². The molecule has 1 aromatic heterocycles. The van der Waals surface area contributed by atoms with Crippen LogP contribution in [0.25, 0.3) is 11.3 Å².